The van der Waals surface area contributed by atoms with Gasteiger partial charge in [0.2, 0.25) is 5.78 Å². The Labute approximate surface area is 53.2 Å². The van der Waals surface area contributed by atoms with Gasteiger partial charge < -0.3 is 0 Å². The van der Waals surface area contributed by atoms with Crippen molar-refractivity contribution in [2.45, 2.75) is 5.66 Å². The van der Waals surface area contributed by atoms with Crippen molar-refractivity contribution >= 4 is 20.3 Å². The number of hydrogen-bond donors (Lipinski definition) is 0. The summed E-state index contributed by atoms with van der Waals surface area (Å²) in [6.45, 7) is 2.91. The fraction of sp³-hybridized carbons (Fsp3) is 0.200. The molecule has 0 aliphatic carbocycles. The summed E-state index contributed by atoms with van der Waals surface area (Å²) in [5.41, 5.74) is -3.35. The highest BCUT2D eigenvalue weighted by atomic mass is 31.1. The minimum Gasteiger partial charge on any atom is -0.287 e. The van der Waals surface area contributed by atoms with Gasteiger partial charge >= 0.3 is 5.66 Å². The molecule has 0 atom stereocenters. The van der Waals surface area contributed by atoms with Crippen molar-refractivity contribution in [1.29, 1.82) is 0 Å². The Balaban J connectivity index is 4.31. The lowest BCUT2D eigenvalue weighted by Gasteiger charge is -2.03. The summed E-state index contributed by atoms with van der Waals surface area (Å²) >= 11 is 0. The van der Waals surface area contributed by atoms with Gasteiger partial charge in [-0.3, -0.25) is 4.79 Å². The highest BCUT2D eigenvalue weighted by Gasteiger charge is 2.32. The Morgan fingerprint density at radius 2 is 2.11 bits per heavy atom. The van der Waals surface area contributed by atoms with Gasteiger partial charge in [-0.05, 0) is 14.3 Å². The summed E-state index contributed by atoms with van der Waals surface area (Å²) in [4.78, 5) is 10.1. The third kappa shape index (κ3) is 2.02. The summed E-state index contributed by atoms with van der Waals surface area (Å²) in [6, 6.07) is 0. The number of carbonyl (C=O) groups is 1. The molecule has 0 unspecified atom stereocenters. The van der Waals surface area contributed by atoms with Crippen LogP contribution in [0.4, 0.5) is 8.78 Å². The van der Waals surface area contributed by atoms with Crippen molar-refractivity contribution in [3.05, 3.63) is 12.7 Å². The lowest BCUT2D eigenvalue weighted by Crippen LogP contribution is -2.18. The van der Waals surface area contributed by atoms with E-state index in [-0.39, 0.29) is 0 Å². The smallest absolute Gasteiger partial charge is 0.287 e. The zero-order valence-electron chi connectivity index (χ0n) is 4.60. The van der Waals surface area contributed by atoms with E-state index in [4.69, 9.17) is 0 Å². The molecule has 1 nitrogen and oxygen atoms in total. The number of rotatable bonds is 3. The Morgan fingerprint density at radius 3 is 2.22 bits per heavy atom. The number of halogens is 2. The zero-order valence-corrected chi connectivity index (χ0v) is 5.50. The first-order chi connectivity index (χ1) is 4.04. The van der Waals surface area contributed by atoms with Gasteiger partial charge in [0.25, 0.3) is 0 Å². The van der Waals surface area contributed by atoms with Crippen LogP contribution >= 0.6 is 8.20 Å². The zero-order chi connectivity index (χ0) is 7.49. The lowest BCUT2D eigenvalue weighted by atomic mass is 10.4. The van der Waals surface area contributed by atoms with Crippen LogP contribution in [0.2, 0.25) is 0 Å². The van der Waals surface area contributed by atoms with E-state index in [0.29, 0.717) is 6.08 Å². The monoisotopic (exact) mass is 150 g/mol. The fourth-order valence-electron chi connectivity index (χ4n) is 0.201. The van der Waals surface area contributed by atoms with Gasteiger partial charge in [0.1, 0.15) is 0 Å². The Hall–Kier alpha value is -0.560. The number of hydrogen-bond acceptors (Lipinski definition) is 1. The molecule has 0 radical (unpaired) electrons. The van der Waals surface area contributed by atoms with Crippen LogP contribution in [0, 0.1) is 0 Å². The molecule has 0 aromatic rings. The summed E-state index contributed by atoms with van der Waals surface area (Å²) in [7, 11) is -0.488. The highest BCUT2D eigenvalue weighted by Crippen LogP contribution is 2.27. The average molecular weight is 150 g/mol. The molecule has 0 heterocycles. The fourth-order valence-corrected chi connectivity index (χ4v) is 0.448. The van der Waals surface area contributed by atoms with Gasteiger partial charge in [0.05, 0.1) is 0 Å². The summed E-state index contributed by atoms with van der Waals surface area (Å²) < 4.78 is 24.1. The van der Waals surface area contributed by atoms with Crippen molar-refractivity contribution in [3.63, 3.8) is 0 Å². The number of allylic oxidation sites excluding steroid dienone is 1. The van der Waals surface area contributed by atoms with E-state index in [0.717, 1.165) is 0 Å². The van der Waals surface area contributed by atoms with Gasteiger partial charge in [-0.25, -0.2) is 0 Å². The summed E-state index contributed by atoms with van der Waals surface area (Å²) in [5, 5.41) is 0. The van der Waals surface area contributed by atoms with E-state index < -0.39 is 19.7 Å². The Morgan fingerprint density at radius 1 is 1.67 bits per heavy atom. The first-order valence-corrected chi connectivity index (χ1v) is 3.15. The largest absolute Gasteiger partial charge is 0.347 e. The molecule has 9 heavy (non-hydrogen) atoms. The standard InChI is InChI=1S/C5H5F2OP/c1-3-4(8)5(6,7)9-2/h3H,1-2H2. The molecule has 0 amide bonds. The van der Waals surface area contributed by atoms with Crippen LogP contribution in [0.1, 0.15) is 0 Å². The topological polar surface area (TPSA) is 17.1 Å². The Kier molecular flexibility index (Phi) is 2.65. The molecular formula is C5H5F2OP. The molecule has 0 spiro atoms. The molecule has 0 N–H and O–H groups in total. The number of alkyl halides is 2. The molecule has 0 aliphatic heterocycles. The molecule has 0 bridgehead atoms. The predicted molar refractivity (Wildman–Crippen MR) is 34.2 cm³/mol. The first-order valence-electron chi connectivity index (χ1n) is 2.07. The maximum absolute atomic E-state index is 12.1. The molecule has 0 aromatic heterocycles. The highest BCUT2D eigenvalue weighted by molar-refractivity contribution is 7.39. The van der Waals surface area contributed by atoms with Gasteiger partial charge in [-0.2, -0.15) is 8.78 Å². The summed E-state index contributed by atoms with van der Waals surface area (Å²) in [6.07, 6.45) is 3.48. The van der Waals surface area contributed by atoms with E-state index >= 15 is 0 Å². The molecule has 4 heteroatoms. The summed E-state index contributed by atoms with van der Waals surface area (Å²) in [5.74, 6) is -1.28. The second-order valence-corrected chi connectivity index (χ2v) is 2.15. The molecular weight excluding hydrogens is 145 g/mol. The van der Waals surface area contributed by atoms with Gasteiger partial charge in [0.15, 0.2) is 0 Å². The lowest BCUT2D eigenvalue weighted by molar-refractivity contribution is -0.127. The van der Waals surface area contributed by atoms with Crippen molar-refractivity contribution in [3.8, 4) is 0 Å². The van der Waals surface area contributed by atoms with Crippen LogP contribution in [-0.2, 0) is 4.79 Å². The number of ketones is 1. The van der Waals surface area contributed by atoms with Crippen LogP contribution in [0.25, 0.3) is 0 Å². The molecule has 0 fully saturated rings. The van der Waals surface area contributed by atoms with E-state index in [1.165, 1.54) is 0 Å². The maximum atomic E-state index is 12.1. The second-order valence-electron chi connectivity index (χ2n) is 1.27. The first kappa shape index (κ1) is 8.44. The molecule has 50 valence electrons. The molecule has 0 aromatic carbocycles. The van der Waals surface area contributed by atoms with Crippen LogP contribution in [-0.4, -0.2) is 17.7 Å². The van der Waals surface area contributed by atoms with Crippen molar-refractivity contribution in [1.82, 2.24) is 0 Å². The number of carbonyl (C=O) groups excluding carboxylic acids is 1. The molecule has 0 rings (SSSR count). The van der Waals surface area contributed by atoms with Gasteiger partial charge in [-0.1, -0.05) is 12.9 Å². The molecule has 0 saturated heterocycles. The van der Waals surface area contributed by atoms with Crippen LogP contribution in [0.15, 0.2) is 12.7 Å². The van der Waals surface area contributed by atoms with Crippen LogP contribution in [0.5, 0.6) is 0 Å². The third-order valence-electron chi connectivity index (χ3n) is 0.680. The van der Waals surface area contributed by atoms with Crippen molar-refractivity contribution in [2.24, 2.45) is 0 Å². The van der Waals surface area contributed by atoms with E-state index in [1.807, 2.05) is 0 Å². The average Bonchev–Trinajstić information content (AvgIpc) is 1.86. The van der Waals surface area contributed by atoms with Crippen molar-refractivity contribution < 1.29 is 13.6 Å². The van der Waals surface area contributed by atoms with Crippen molar-refractivity contribution in [2.75, 3.05) is 0 Å². The minimum atomic E-state index is -3.35. The van der Waals surface area contributed by atoms with E-state index in [9.17, 15) is 13.6 Å². The van der Waals surface area contributed by atoms with Crippen LogP contribution < -0.4 is 0 Å². The predicted octanol–water partition coefficient (Wildman–Crippen LogP) is 1.71. The SMILES string of the molecule is C=CC(=O)C(F)(F)P=C. The van der Waals surface area contributed by atoms with E-state index in [1.54, 1.807) is 0 Å². The quantitative estimate of drug-likeness (QED) is 0.442. The normalized spacial score (nSPS) is 11.3. The van der Waals surface area contributed by atoms with Crippen LogP contribution in [0.3, 0.4) is 0 Å². The maximum Gasteiger partial charge on any atom is 0.347 e. The molecule has 0 aliphatic rings. The van der Waals surface area contributed by atoms with E-state index in [2.05, 4.69) is 12.9 Å². The van der Waals surface area contributed by atoms with Gasteiger partial charge in [0, 0.05) is 0 Å². The minimum absolute atomic E-state index is 0.488. The van der Waals surface area contributed by atoms with Gasteiger partial charge in [-0.15, -0.1) is 0 Å². The molecule has 0 saturated carbocycles. The Bertz CT molecular complexity index is 153. The third-order valence-corrected chi connectivity index (χ3v) is 1.30. The second kappa shape index (κ2) is 2.83.